The lowest BCUT2D eigenvalue weighted by Crippen LogP contribution is -2.03. The van der Waals surface area contributed by atoms with Gasteiger partial charge in [-0.3, -0.25) is 4.79 Å². The van der Waals surface area contributed by atoms with Gasteiger partial charge in [-0.25, -0.2) is 0 Å². The van der Waals surface area contributed by atoms with Crippen LogP contribution in [-0.2, 0) is 0 Å². The van der Waals surface area contributed by atoms with E-state index in [0.717, 1.165) is 39.9 Å². The van der Waals surface area contributed by atoms with Crippen LogP contribution >= 0.6 is 0 Å². The molecule has 0 amide bonds. The maximum Gasteiger partial charge on any atom is 0.150 e. The lowest BCUT2D eigenvalue weighted by molar-refractivity contribution is 0.112. The summed E-state index contributed by atoms with van der Waals surface area (Å²) < 4.78 is 5.27. The molecule has 3 aromatic carbocycles. The molecule has 0 radical (unpaired) electrons. The van der Waals surface area contributed by atoms with Crippen LogP contribution in [0.25, 0.3) is 22.3 Å². The number of rotatable bonds is 6. The number of aldehydes is 1. The van der Waals surface area contributed by atoms with Crippen LogP contribution in [0, 0.1) is 0 Å². The fraction of sp³-hybridized carbons (Fsp3) is 0.130. The predicted octanol–water partition coefficient (Wildman–Crippen LogP) is 4.74. The SMILES string of the molecule is COc1ccc(-c2cccc(-c3ccc(C=O)cc3)c2/C=N/N(C)C)cc1. The van der Waals surface area contributed by atoms with E-state index in [1.807, 2.05) is 74.9 Å². The highest BCUT2D eigenvalue weighted by Gasteiger charge is 2.11. The van der Waals surface area contributed by atoms with E-state index in [1.54, 1.807) is 12.1 Å². The minimum atomic E-state index is 0.661. The molecule has 4 heteroatoms. The Bertz CT molecular complexity index is 943. The van der Waals surface area contributed by atoms with Crippen LogP contribution < -0.4 is 4.74 Å². The standard InChI is InChI=1S/C23H22N2O2/c1-25(2)24-15-23-21(18-9-7-17(16-26)8-10-18)5-4-6-22(23)19-11-13-20(27-3)14-12-19/h4-16H,1-3H3/b24-15+. The Labute approximate surface area is 159 Å². The van der Waals surface area contributed by atoms with Crippen LogP contribution in [0.15, 0.2) is 71.8 Å². The zero-order valence-electron chi connectivity index (χ0n) is 15.7. The summed E-state index contributed by atoms with van der Waals surface area (Å²) in [5.41, 5.74) is 5.95. The molecule has 0 N–H and O–H groups in total. The Morgan fingerprint density at radius 3 is 1.89 bits per heavy atom. The van der Waals surface area contributed by atoms with Gasteiger partial charge in [0.1, 0.15) is 12.0 Å². The Morgan fingerprint density at radius 1 is 0.852 bits per heavy atom. The number of hydrazone groups is 1. The summed E-state index contributed by atoms with van der Waals surface area (Å²) in [6, 6.07) is 21.8. The van der Waals surface area contributed by atoms with Crippen molar-refractivity contribution in [3.8, 4) is 28.0 Å². The molecule has 0 aliphatic heterocycles. The van der Waals surface area contributed by atoms with Gasteiger partial charge >= 0.3 is 0 Å². The van der Waals surface area contributed by atoms with Crippen molar-refractivity contribution in [2.24, 2.45) is 5.10 Å². The molecular formula is C23H22N2O2. The Kier molecular flexibility index (Phi) is 5.67. The molecule has 3 rings (SSSR count). The van der Waals surface area contributed by atoms with Gasteiger partial charge in [0.05, 0.1) is 13.3 Å². The average Bonchev–Trinajstić information content (AvgIpc) is 2.72. The lowest BCUT2D eigenvalue weighted by Gasteiger charge is -2.14. The first-order valence-electron chi connectivity index (χ1n) is 8.66. The molecule has 0 saturated heterocycles. The van der Waals surface area contributed by atoms with Crippen LogP contribution in [0.5, 0.6) is 5.75 Å². The molecule has 0 aromatic heterocycles. The molecule has 4 nitrogen and oxygen atoms in total. The van der Waals surface area contributed by atoms with Gasteiger partial charge in [-0.05, 0) is 34.4 Å². The fourth-order valence-electron chi connectivity index (χ4n) is 2.89. The van der Waals surface area contributed by atoms with E-state index in [2.05, 4.69) is 17.2 Å². The third-order valence-electron chi connectivity index (χ3n) is 4.28. The number of hydrogen-bond acceptors (Lipinski definition) is 4. The Hall–Kier alpha value is -3.40. The number of hydrogen-bond donors (Lipinski definition) is 0. The highest BCUT2D eigenvalue weighted by molar-refractivity contribution is 5.98. The molecular weight excluding hydrogens is 336 g/mol. The normalized spacial score (nSPS) is 10.8. The maximum absolute atomic E-state index is 11.0. The van der Waals surface area contributed by atoms with Crippen molar-refractivity contribution in [1.82, 2.24) is 5.01 Å². The van der Waals surface area contributed by atoms with Gasteiger partial charge in [-0.15, -0.1) is 0 Å². The minimum absolute atomic E-state index is 0.661. The number of nitrogens with zero attached hydrogens (tertiary/aromatic N) is 2. The Balaban J connectivity index is 2.16. The molecule has 0 saturated carbocycles. The van der Waals surface area contributed by atoms with E-state index >= 15 is 0 Å². The zero-order chi connectivity index (χ0) is 19.2. The van der Waals surface area contributed by atoms with Crippen LogP contribution in [0.1, 0.15) is 15.9 Å². The highest BCUT2D eigenvalue weighted by atomic mass is 16.5. The smallest absolute Gasteiger partial charge is 0.150 e. The molecule has 0 spiro atoms. The Morgan fingerprint density at radius 2 is 1.41 bits per heavy atom. The maximum atomic E-state index is 11.0. The second kappa shape index (κ2) is 8.32. The fourth-order valence-corrected chi connectivity index (χ4v) is 2.89. The molecule has 0 heterocycles. The van der Waals surface area contributed by atoms with Crippen molar-refractivity contribution in [2.75, 3.05) is 21.2 Å². The largest absolute Gasteiger partial charge is 0.497 e. The summed E-state index contributed by atoms with van der Waals surface area (Å²) in [4.78, 5) is 11.0. The predicted molar refractivity (Wildman–Crippen MR) is 111 cm³/mol. The van der Waals surface area contributed by atoms with E-state index in [0.29, 0.717) is 5.56 Å². The number of carbonyl (C=O) groups is 1. The van der Waals surface area contributed by atoms with E-state index in [-0.39, 0.29) is 0 Å². The summed E-state index contributed by atoms with van der Waals surface area (Å²) in [6.45, 7) is 0. The van der Waals surface area contributed by atoms with Crippen molar-refractivity contribution < 1.29 is 9.53 Å². The van der Waals surface area contributed by atoms with Crippen LogP contribution in [0.2, 0.25) is 0 Å². The monoisotopic (exact) mass is 358 g/mol. The van der Waals surface area contributed by atoms with Gasteiger partial charge in [-0.1, -0.05) is 54.6 Å². The highest BCUT2D eigenvalue weighted by Crippen LogP contribution is 2.32. The molecule has 0 bridgehead atoms. The molecule has 0 aliphatic rings. The first kappa shape index (κ1) is 18.4. The van der Waals surface area contributed by atoms with Crippen molar-refractivity contribution in [3.05, 3.63) is 77.9 Å². The summed E-state index contributed by atoms with van der Waals surface area (Å²) in [6.07, 6.45) is 2.73. The van der Waals surface area contributed by atoms with Crippen LogP contribution in [-0.4, -0.2) is 38.7 Å². The van der Waals surface area contributed by atoms with Gasteiger partial charge in [0.15, 0.2) is 0 Å². The first-order chi connectivity index (χ1) is 13.1. The summed E-state index contributed by atoms with van der Waals surface area (Å²) in [7, 11) is 5.45. The van der Waals surface area contributed by atoms with Crippen LogP contribution in [0.4, 0.5) is 0 Å². The lowest BCUT2D eigenvalue weighted by atomic mass is 9.92. The molecule has 0 unspecified atom stereocenters. The van der Waals surface area contributed by atoms with Gasteiger partial charge < -0.3 is 9.75 Å². The number of carbonyl (C=O) groups excluding carboxylic acids is 1. The van der Waals surface area contributed by atoms with Crippen molar-refractivity contribution in [3.63, 3.8) is 0 Å². The summed E-state index contributed by atoms with van der Waals surface area (Å²) >= 11 is 0. The number of benzene rings is 3. The second-order valence-corrected chi connectivity index (χ2v) is 6.33. The first-order valence-corrected chi connectivity index (χ1v) is 8.66. The zero-order valence-corrected chi connectivity index (χ0v) is 15.7. The topological polar surface area (TPSA) is 41.9 Å². The van der Waals surface area contributed by atoms with Gasteiger partial charge in [0, 0.05) is 25.2 Å². The molecule has 3 aromatic rings. The van der Waals surface area contributed by atoms with Gasteiger partial charge in [-0.2, -0.15) is 5.10 Å². The van der Waals surface area contributed by atoms with E-state index < -0.39 is 0 Å². The molecule has 0 fully saturated rings. The van der Waals surface area contributed by atoms with Gasteiger partial charge in [0.2, 0.25) is 0 Å². The van der Waals surface area contributed by atoms with E-state index in [1.165, 1.54) is 0 Å². The molecule has 0 atom stereocenters. The number of ether oxygens (including phenoxy) is 1. The summed E-state index contributed by atoms with van der Waals surface area (Å²) in [5.74, 6) is 0.822. The molecule has 27 heavy (non-hydrogen) atoms. The van der Waals surface area contributed by atoms with E-state index in [9.17, 15) is 4.79 Å². The number of methoxy groups -OCH3 is 1. The van der Waals surface area contributed by atoms with E-state index in [4.69, 9.17) is 4.74 Å². The second-order valence-electron chi connectivity index (χ2n) is 6.33. The third-order valence-corrected chi connectivity index (χ3v) is 4.28. The van der Waals surface area contributed by atoms with Crippen molar-refractivity contribution in [1.29, 1.82) is 0 Å². The minimum Gasteiger partial charge on any atom is -0.497 e. The molecule has 136 valence electrons. The van der Waals surface area contributed by atoms with Crippen molar-refractivity contribution in [2.45, 2.75) is 0 Å². The molecule has 0 aliphatic carbocycles. The third kappa shape index (κ3) is 4.23. The quantitative estimate of drug-likeness (QED) is 0.363. The van der Waals surface area contributed by atoms with Crippen LogP contribution in [0.3, 0.4) is 0 Å². The van der Waals surface area contributed by atoms with Gasteiger partial charge in [0.25, 0.3) is 0 Å². The van der Waals surface area contributed by atoms with Crippen molar-refractivity contribution >= 4 is 12.5 Å². The average molecular weight is 358 g/mol. The summed E-state index contributed by atoms with van der Waals surface area (Å²) in [5, 5.41) is 6.23.